The molecular formula is C16H33ClN2O. The van der Waals surface area contributed by atoms with Crippen LogP contribution in [0.15, 0.2) is 0 Å². The largest absolute Gasteiger partial charge is 0.396 e. The predicted octanol–water partition coefficient (Wildman–Crippen LogP) is 2.62. The highest BCUT2D eigenvalue weighted by Crippen LogP contribution is 2.46. The minimum atomic E-state index is 0. The first-order chi connectivity index (χ1) is 9.13. The fourth-order valence-electron chi connectivity index (χ4n) is 3.83. The van der Waals surface area contributed by atoms with Crippen LogP contribution in [0.3, 0.4) is 0 Å². The zero-order valence-corrected chi connectivity index (χ0v) is 14.1. The summed E-state index contributed by atoms with van der Waals surface area (Å²) >= 11 is 0. The van der Waals surface area contributed by atoms with Crippen molar-refractivity contribution in [1.82, 2.24) is 9.80 Å². The summed E-state index contributed by atoms with van der Waals surface area (Å²) in [6.07, 6.45) is 9.34. The van der Waals surface area contributed by atoms with Crippen LogP contribution in [0.5, 0.6) is 0 Å². The number of hydrogen-bond donors (Lipinski definition) is 1. The average Bonchev–Trinajstić information content (AvgIpc) is 2.42. The summed E-state index contributed by atoms with van der Waals surface area (Å²) in [5.74, 6) is 0.601. The lowest BCUT2D eigenvalue weighted by atomic mass is 9.65. The zero-order chi connectivity index (χ0) is 13.7. The van der Waals surface area contributed by atoms with Crippen molar-refractivity contribution in [2.45, 2.75) is 44.9 Å². The maximum absolute atomic E-state index is 9.25. The Morgan fingerprint density at radius 1 is 1.10 bits per heavy atom. The second-order valence-corrected chi connectivity index (χ2v) is 7.12. The van der Waals surface area contributed by atoms with Gasteiger partial charge in [0, 0.05) is 6.61 Å². The van der Waals surface area contributed by atoms with Crippen LogP contribution in [0.4, 0.5) is 0 Å². The van der Waals surface area contributed by atoms with E-state index in [0.717, 1.165) is 0 Å². The van der Waals surface area contributed by atoms with Crippen LogP contribution in [0.1, 0.15) is 44.9 Å². The molecule has 0 unspecified atom stereocenters. The number of aliphatic hydroxyl groups is 1. The van der Waals surface area contributed by atoms with E-state index in [1.54, 1.807) is 0 Å². The molecule has 20 heavy (non-hydrogen) atoms. The van der Waals surface area contributed by atoms with Crippen molar-refractivity contribution >= 4 is 12.4 Å². The van der Waals surface area contributed by atoms with Gasteiger partial charge in [-0.1, -0.05) is 0 Å². The Hall–Kier alpha value is 0.170. The van der Waals surface area contributed by atoms with Gasteiger partial charge in [-0.15, -0.1) is 12.4 Å². The molecule has 0 radical (unpaired) electrons. The average molecular weight is 305 g/mol. The van der Waals surface area contributed by atoms with Crippen LogP contribution < -0.4 is 0 Å². The zero-order valence-electron chi connectivity index (χ0n) is 13.3. The summed E-state index contributed by atoms with van der Waals surface area (Å²) in [6.45, 7) is 5.49. The summed E-state index contributed by atoms with van der Waals surface area (Å²) in [7, 11) is 4.32. The van der Waals surface area contributed by atoms with Crippen LogP contribution in [0.2, 0.25) is 0 Å². The van der Waals surface area contributed by atoms with Gasteiger partial charge in [-0.3, -0.25) is 0 Å². The number of hydrogen-bond acceptors (Lipinski definition) is 3. The summed E-state index contributed by atoms with van der Waals surface area (Å²) in [5.41, 5.74) is 0.643. The van der Waals surface area contributed by atoms with Gasteiger partial charge in [-0.05, 0) is 96.6 Å². The normalized spacial score (nSPS) is 24.0. The van der Waals surface area contributed by atoms with Crippen LogP contribution >= 0.6 is 12.4 Å². The van der Waals surface area contributed by atoms with Crippen molar-refractivity contribution < 1.29 is 5.11 Å². The molecule has 4 heteroatoms. The minimum Gasteiger partial charge on any atom is -0.396 e. The van der Waals surface area contributed by atoms with E-state index in [0.29, 0.717) is 17.9 Å². The molecule has 2 fully saturated rings. The fraction of sp³-hybridized carbons (Fsp3) is 1.00. The van der Waals surface area contributed by atoms with E-state index in [1.165, 1.54) is 71.1 Å². The smallest absolute Gasteiger partial charge is 0.0459 e. The van der Waals surface area contributed by atoms with Gasteiger partial charge >= 0.3 is 0 Å². The number of aliphatic hydroxyl groups excluding tert-OH is 1. The van der Waals surface area contributed by atoms with Gasteiger partial charge in [0.15, 0.2) is 0 Å². The van der Waals surface area contributed by atoms with E-state index >= 15 is 0 Å². The summed E-state index contributed by atoms with van der Waals surface area (Å²) < 4.78 is 0. The Bertz CT molecular complexity index is 255. The Labute approximate surface area is 131 Å². The van der Waals surface area contributed by atoms with Crippen LogP contribution in [0, 0.1) is 11.3 Å². The number of likely N-dealkylation sites (tertiary alicyclic amines) is 1. The molecule has 0 atom stereocenters. The molecule has 2 aliphatic rings. The second kappa shape index (κ2) is 8.57. The van der Waals surface area contributed by atoms with Crippen molar-refractivity contribution in [1.29, 1.82) is 0 Å². The lowest BCUT2D eigenvalue weighted by Gasteiger charge is -2.46. The SMILES string of the molecule is CN(C)CCCN1CCC2(CCC(CO)CC2)CC1.Cl. The highest BCUT2D eigenvalue weighted by atomic mass is 35.5. The maximum atomic E-state index is 9.25. The molecule has 0 amide bonds. The molecule has 1 aliphatic carbocycles. The lowest BCUT2D eigenvalue weighted by molar-refractivity contribution is 0.0393. The molecule has 0 aromatic rings. The molecule has 1 aliphatic heterocycles. The number of rotatable bonds is 5. The van der Waals surface area contributed by atoms with E-state index in [4.69, 9.17) is 0 Å². The molecule has 1 N–H and O–H groups in total. The number of halogens is 1. The third kappa shape index (κ3) is 5.18. The van der Waals surface area contributed by atoms with Gasteiger partial charge in [0.1, 0.15) is 0 Å². The van der Waals surface area contributed by atoms with Crippen molar-refractivity contribution in [3.63, 3.8) is 0 Å². The molecule has 0 bridgehead atoms. The molecule has 1 saturated carbocycles. The predicted molar refractivity (Wildman–Crippen MR) is 87.6 cm³/mol. The molecule has 1 spiro atoms. The number of nitrogens with zero attached hydrogens (tertiary/aromatic N) is 2. The number of piperidine rings is 1. The highest BCUT2D eigenvalue weighted by Gasteiger charge is 2.37. The quantitative estimate of drug-likeness (QED) is 0.846. The monoisotopic (exact) mass is 304 g/mol. The minimum absolute atomic E-state index is 0. The van der Waals surface area contributed by atoms with Gasteiger partial charge in [-0.2, -0.15) is 0 Å². The van der Waals surface area contributed by atoms with Gasteiger partial charge in [0.05, 0.1) is 0 Å². The Morgan fingerprint density at radius 2 is 1.70 bits per heavy atom. The molecule has 3 nitrogen and oxygen atoms in total. The first-order valence-corrected chi connectivity index (χ1v) is 8.11. The van der Waals surface area contributed by atoms with Crippen LogP contribution in [-0.2, 0) is 0 Å². The molecular weight excluding hydrogens is 272 g/mol. The first-order valence-electron chi connectivity index (χ1n) is 8.11. The Kier molecular flexibility index (Phi) is 7.81. The molecule has 2 rings (SSSR count). The molecule has 1 saturated heterocycles. The molecule has 0 aromatic carbocycles. The standard InChI is InChI=1S/C16H32N2O.ClH/c1-17(2)10-3-11-18-12-8-16(9-13-18)6-4-15(14-19)5-7-16;/h15,19H,3-14H2,1-2H3;1H. The third-order valence-corrected chi connectivity index (χ3v) is 5.42. The van der Waals surface area contributed by atoms with Crippen molar-refractivity contribution in [2.24, 2.45) is 11.3 Å². The van der Waals surface area contributed by atoms with E-state index in [9.17, 15) is 5.11 Å². The van der Waals surface area contributed by atoms with Gasteiger partial charge in [-0.25, -0.2) is 0 Å². The topological polar surface area (TPSA) is 26.7 Å². The second-order valence-electron chi connectivity index (χ2n) is 7.12. The van der Waals surface area contributed by atoms with E-state index in [-0.39, 0.29) is 12.4 Å². The van der Waals surface area contributed by atoms with Crippen molar-refractivity contribution in [2.75, 3.05) is 46.9 Å². The summed E-state index contributed by atoms with van der Waals surface area (Å²) in [4.78, 5) is 4.94. The Balaban J connectivity index is 0.00000200. The molecule has 0 aromatic heterocycles. The van der Waals surface area contributed by atoms with E-state index < -0.39 is 0 Å². The van der Waals surface area contributed by atoms with Gasteiger partial charge in [0.2, 0.25) is 0 Å². The maximum Gasteiger partial charge on any atom is 0.0459 e. The highest BCUT2D eigenvalue weighted by molar-refractivity contribution is 5.85. The summed E-state index contributed by atoms with van der Waals surface area (Å²) in [6, 6.07) is 0. The van der Waals surface area contributed by atoms with E-state index in [2.05, 4.69) is 23.9 Å². The van der Waals surface area contributed by atoms with Gasteiger partial charge < -0.3 is 14.9 Å². The fourth-order valence-corrected chi connectivity index (χ4v) is 3.83. The lowest BCUT2D eigenvalue weighted by Crippen LogP contribution is -2.42. The van der Waals surface area contributed by atoms with Crippen molar-refractivity contribution in [3.05, 3.63) is 0 Å². The van der Waals surface area contributed by atoms with E-state index in [1.807, 2.05) is 0 Å². The first kappa shape index (κ1) is 18.2. The van der Waals surface area contributed by atoms with Crippen molar-refractivity contribution in [3.8, 4) is 0 Å². The van der Waals surface area contributed by atoms with Gasteiger partial charge in [0.25, 0.3) is 0 Å². The van der Waals surface area contributed by atoms with Crippen LogP contribution in [-0.4, -0.2) is 61.8 Å². The molecule has 120 valence electrons. The Morgan fingerprint density at radius 3 is 2.20 bits per heavy atom. The molecule has 1 heterocycles. The third-order valence-electron chi connectivity index (χ3n) is 5.42. The van der Waals surface area contributed by atoms with Crippen LogP contribution in [0.25, 0.3) is 0 Å². The summed E-state index contributed by atoms with van der Waals surface area (Å²) in [5, 5.41) is 9.25.